The van der Waals surface area contributed by atoms with Gasteiger partial charge in [0.05, 0.1) is 21.4 Å². The van der Waals surface area contributed by atoms with Gasteiger partial charge in [-0.25, -0.2) is 0 Å². The van der Waals surface area contributed by atoms with Gasteiger partial charge in [-0.2, -0.15) is 0 Å². The maximum absolute atomic E-state index is 12.1. The second-order valence-electron chi connectivity index (χ2n) is 3.71. The van der Waals surface area contributed by atoms with E-state index < -0.39 is 0 Å². The summed E-state index contributed by atoms with van der Waals surface area (Å²) < 4.78 is 3.76. The number of aromatic nitrogens is 2. The Hall–Kier alpha value is -1.37. The fraction of sp³-hybridized carbons (Fsp3) is 0.182. The summed E-state index contributed by atoms with van der Waals surface area (Å²) in [5, 5.41) is 7.16. The van der Waals surface area contributed by atoms with Crippen molar-refractivity contribution >= 4 is 52.0 Å². The van der Waals surface area contributed by atoms with E-state index >= 15 is 0 Å². The molecule has 100 valence electrons. The Kier molecular flexibility index (Phi) is 4.24. The smallest absolute Gasteiger partial charge is 0.269 e. The van der Waals surface area contributed by atoms with E-state index in [0.717, 1.165) is 11.5 Å². The number of nitrogens with two attached hydrogens (primary N) is 1. The van der Waals surface area contributed by atoms with Gasteiger partial charge in [0.1, 0.15) is 4.88 Å². The number of nitrogen functional groups attached to an aromatic ring is 1. The van der Waals surface area contributed by atoms with Crippen molar-refractivity contribution in [3.05, 3.63) is 32.7 Å². The van der Waals surface area contributed by atoms with E-state index in [-0.39, 0.29) is 11.6 Å². The molecule has 0 saturated heterocycles. The van der Waals surface area contributed by atoms with Gasteiger partial charge in [-0.15, -0.1) is 5.10 Å². The minimum Gasteiger partial charge on any atom is -0.396 e. The molecule has 0 fully saturated rings. The minimum absolute atomic E-state index is 0.287. The lowest BCUT2D eigenvalue weighted by atomic mass is 10.2. The average Bonchev–Trinajstić information content (AvgIpc) is 2.84. The zero-order chi connectivity index (χ0) is 14.0. The highest BCUT2D eigenvalue weighted by Gasteiger charge is 2.16. The topological polar surface area (TPSA) is 80.9 Å². The Bertz CT molecular complexity index is 606. The van der Waals surface area contributed by atoms with Crippen molar-refractivity contribution in [2.45, 2.75) is 13.3 Å². The molecular formula is C11H10Cl2N4OS. The first kappa shape index (κ1) is 14.0. The number of hydrogen-bond acceptors (Lipinski definition) is 5. The number of halogens is 2. The van der Waals surface area contributed by atoms with Gasteiger partial charge in [-0.3, -0.25) is 4.79 Å². The highest BCUT2D eigenvalue weighted by Crippen LogP contribution is 2.31. The largest absolute Gasteiger partial charge is 0.396 e. The molecule has 1 aromatic heterocycles. The third kappa shape index (κ3) is 2.97. The van der Waals surface area contributed by atoms with E-state index in [9.17, 15) is 4.79 Å². The quantitative estimate of drug-likeness (QED) is 0.852. The maximum Gasteiger partial charge on any atom is 0.269 e. The number of nitrogens with one attached hydrogen (secondary N) is 1. The van der Waals surface area contributed by atoms with Crippen LogP contribution in [0.15, 0.2) is 12.1 Å². The summed E-state index contributed by atoms with van der Waals surface area (Å²) in [6.07, 6.45) is 0.641. The summed E-state index contributed by atoms with van der Waals surface area (Å²) in [7, 11) is 0. The molecule has 1 aromatic carbocycles. The lowest BCUT2D eigenvalue weighted by Crippen LogP contribution is -2.12. The Morgan fingerprint density at radius 3 is 2.63 bits per heavy atom. The van der Waals surface area contributed by atoms with Crippen LogP contribution in [0.5, 0.6) is 0 Å². The average molecular weight is 317 g/mol. The van der Waals surface area contributed by atoms with Crippen LogP contribution in [0.2, 0.25) is 10.0 Å². The molecule has 0 aliphatic carbocycles. The standard InChI is InChI=1S/C11H10Cl2N4OS/c1-2-8-10(19-17-16-8)11(18)15-5-3-6(12)9(14)7(13)4-5/h3-4H,2,14H2,1H3,(H,15,18). The van der Waals surface area contributed by atoms with Crippen molar-refractivity contribution in [2.24, 2.45) is 0 Å². The van der Waals surface area contributed by atoms with E-state index in [2.05, 4.69) is 14.9 Å². The second kappa shape index (κ2) is 5.73. The number of carbonyl (C=O) groups excluding carboxylic acids is 1. The Balaban J connectivity index is 2.24. The van der Waals surface area contributed by atoms with E-state index in [4.69, 9.17) is 28.9 Å². The number of aryl methyl sites for hydroxylation is 1. The van der Waals surface area contributed by atoms with Crippen LogP contribution < -0.4 is 11.1 Å². The number of amides is 1. The van der Waals surface area contributed by atoms with Crippen LogP contribution in [0.3, 0.4) is 0 Å². The first-order chi connectivity index (χ1) is 9.02. The van der Waals surface area contributed by atoms with Crippen LogP contribution in [-0.2, 0) is 6.42 Å². The zero-order valence-corrected chi connectivity index (χ0v) is 12.2. The van der Waals surface area contributed by atoms with Gasteiger partial charge in [0.15, 0.2) is 0 Å². The number of nitrogens with zero attached hydrogens (tertiary/aromatic N) is 2. The van der Waals surface area contributed by atoms with Gasteiger partial charge >= 0.3 is 0 Å². The number of benzene rings is 1. The summed E-state index contributed by atoms with van der Waals surface area (Å²) in [5.41, 5.74) is 7.05. The maximum atomic E-state index is 12.1. The summed E-state index contributed by atoms with van der Waals surface area (Å²) in [4.78, 5) is 12.5. The molecule has 8 heteroatoms. The Morgan fingerprint density at radius 2 is 2.05 bits per heavy atom. The lowest BCUT2D eigenvalue weighted by Gasteiger charge is -2.07. The van der Waals surface area contributed by atoms with Gasteiger partial charge in [0.25, 0.3) is 5.91 Å². The molecule has 1 heterocycles. The summed E-state index contributed by atoms with van der Waals surface area (Å²) >= 11 is 12.9. The molecule has 2 rings (SSSR count). The van der Waals surface area contributed by atoms with Crippen LogP contribution in [0.1, 0.15) is 22.3 Å². The second-order valence-corrected chi connectivity index (χ2v) is 5.28. The van der Waals surface area contributed by atoms with E-state index in [1.54, 1.807) is 12.1 Å². The van der Waals surface area contributed by atoms with Crippen molar-refractivity contribution in [3.8, 4) is 0 Å². The van der Waals surface area contributed by atoms with Gasteiger partial charge in [0, 0.05) is 5.69 Å². The Labute approximate surface area is 123 Å². The number of carbonyl (C=O) groups is 1. The molecule has 1 amide bonds. The fourth-order valence-corrected chi connectivity index (χ4v) is 2.59. The third-order valence-electron chi connectivity index (χ3n) is 2.43. The summed E-state index contributed by atoms with van der Waals surface area (Å²) in [6, 6.07) is 3.08. The SMILES string of the molecule is CCc1nnsc1C(=O)Nc1cc(Cl)c(N)c(Cl)c1. The van der Waals surface area contributed by atoms with Crippen LogP contribution in [0.4, 0.5) is 11.4 Å². The molecule has 0 bridgehead atoms. The predicted octanol–water partition coefficient (Wildman–Crippen LogP) is 3.24. The molecule has 19 heavy (non-hydrogen) atoms. The zero-order valence-electron chi connectivity index (χ0n) is 9.91. The minimum atomic E-state index is -0.288. The Morgan fingerprint density at radius 1 is 1.42 bits per heavy atom. The van der Waals surface area contributed by atoms with Gasteiger partial charge in [-0.1, -0.05) is 34.6 Å². The van der Waals surface area contributed by atoms with Crippen LogP contribution in [0, 0.1) is 0 Å². The molecule has 5 nitrogen and oxygen atoms in total. The highest BCUT2D eigenvalue weighted by molar-refractivity contribution is 7.08. The van der Waals surface area contributed by atoms with E-state index in [1.165, 1.54) is 0 Å². The molecular weight excluding hydrogens is 307 g/mol. The number of anilines is 2. The number of rotatable bonds is 3. The van der Waals surface area contributed by atoms with E-state index in [0.29, 0.717) is 32.7 Å². The lowest BCUT2D eigenvalue weighted by molar-refractivity contribution is 0.102. The van der Waals surface area contributed by atoms with Crippen molar-refractivity contribution < 1.29 is 4.79 Å². The van der Waals surface area contributed by atoms with Gasteiger partial charge < -0.3 is 11.1 Å². The normalized spacial score (nSPS) is 10.5. The van der Waals surface area contributed by atoms with Crippen LogP contribution >= 0.6 is 34.7 Å². The van der Waals surface area contributed by atoms with Crippen LogP contribution in [-0.4, -0.2) is 15.5 Å². The molecule has 0 spiro atoms. The monoisotopic (exact) mass is 316 g/mol. The third-order valence-corrected chi connectivity index (χ3v) is 3.83. The number of hydrogen-bond donors (Lipinski definition) is 2. The van der Waals surface area contributed by atoms with Gasteiger partial charge in [-0.05, 0) is 30.1 Å². The first-order valence-electron chi connectivity index (χ1n) is 5.40. The fourth-order valence-electron chi connectivity index (χ4n) is 1.46. The molecule has 0 unspecified atom stereocenters. The molecule has 0 aliphatic heterocycles. The van der Waals surface area contributed by atoms with Crippen molar-refractivity contribution in [2.75, 3.05) is 11.1 Å². The molecule has 0 atom stereocenters. The summed E-state index contributed by atoms with van der Waals surface area (Å²) in [5.74, 6) is -0.288. The molecule has 0 radical (unpaired) electrons. The van der Waals surface area contributed by atoms with E-state index in [1.807, 2.05) is 6.92 Å². The van der Waals surface area contributed by atoms with Crippen molar-refractivity contribution in [3.63, 3.8) is 0 Å². The summed E-state index contributed by atoms with van der Waals surface area (Å²) in [6.45, 7) is 1.91. The highest BCUT2D eigenvalue weighted by atomic mass is 35.5. The molecule has 0 saturated carbocycles. The van der Waals surface area contributed by atoms with Crippen molar-refractivity contribution in [1.82, 2.24) is 9.59 Å². The molecule has 2 aromatic rings. The van der Waals surface area contributed by atoms with Crippen LogP contribution in [0.25, 0.3) is 0 Å². The molecule has 0 aliphatic rings. The van der Waals surface area contributed by atoms with Gasteiger partial charge in [0.2, 0.25) is 0 Å². The molecule has 3 N–H and O–H groups in total. The van der Waals surface area contributed by atoms with Crippen molar-refractivity contribution in [1.29, 1.82) is 0 Å². The predicted molar refractivity (Wildman–Crippen MR) is 78.1 cm³/mol. The first-order valence-corrected chi connectivity index (χ1v) is 6.93.